The maximum Gasteiger partial charge on any atom is 0.122 e. The Balaban J connectivity index is 2.02. The van der Waals surface area contributed by atoms with Crippen molar-refractivity contribution in [3.8, 4) is 5.75 Å². The molecule has 0 bridgehead atoms. The van der Waals surface area contributed by atoms with Crippen LogP contribution in [0.5, 0.6) is 5.75 Å². The molecule has 1 unspecified atom stereocenters. The largest absolute Gasteiger partial charge is 0.493 e. The number of aryl methyl sites for hydroxylation is 2. The maximum absolute atomic E-state index is 5.83. The molecule has 0 aliphatic heterocycles. The summed E-state index contributed by atoms with van der Waals surface area (Å²) in [7, 11) is 0. The van der Waals surface area contributed by atoms with Gasteiger partial charge in [0.25, 0.3) is 0 Å². The van der Waals surface area contributed by atoms with Crippen LogP contribution in [0, 0.1) is 19.8 Å². The predicted molar refractivity (Wildman–Crippen MR) is 74.5 cm³/mol. The molecule has 0 radical (unpaired) electrons. The highest BCUT2D eigenvalue weighted by atomic mass is 79.9. The van der Waals surface area contributed by atoms with Gasteiger partial charge in [-0.15, -0.1) is 0 Å². The third kappa shape index (κ3) is 2.54. The Labute approximate surface area is 113 Å². The van der Waals surface area contributed by atoms with Crippen molar-refractivity contribution in [2.24, 2.45) is 5.92 Å². The number of rotatable bonds is 3. The van der Waals surface area contributed by atoms with Gasteiger partial charge in [-0.2, -0.15) is 0 Å². The number of hydrogen-bond acceptors (Lipinski definition) is 2. The third-order valence-electron chi connectivity index (χ3n) is 2.96. The first-order valence-electron chi connectivity index (χ1n) is 5.27. The van der Waals surface area contributed by atoms with Crippen molar-refractivity contribution in [3.63, 3.8) is 0 Å². The summed E-state index contributed by atoms with van der Waals surface area (Å²) in [5.41, 5.74) is 8.82. The molecule has 2 rings (SSSR count). The zero-order valence-corrected chi connectivity index (χ0v) is 12.6. The fourth-order valence-corrected chi connectivity index (χ4v) is 2.65. The van der Waals surface area contributed by atoms with Crippen LogP contribution in [-0.2, 0) is 0 Å². The molecule has 2 nitrogen and oxygen atoms in total. The first-order valence-corrected chi connectivity index (χ1v) is 6.86. The minimum absolute atomic E-state index is 0.108. The van der Waals surface area contributed by atoms with Gasteiger partial charge in [-0.25, -0.2) is 0 Å². The molecule has 0 amide bonds. The lowest BCUT2D eigenvalue weighted by Crippen LogP contribution is -2.05. The van der Waals surface area contributed by atoms with Crippen molar-refractivity contribution in [2.45, 2.75) is 23.5 Å². The average molecular weight is 349 g/mol. The lowest BCUT2D eigenvalue weighted by molar-refractivity contribution is 0.297. The van der Waals surface area contributed by atoms with Crippen LogP contribution < -0.4 is 10.5 Å². The SMILES string of the molecule is Cc1cc(OCC2CC2(Br)Br)c(C)cc1N. The zero-order valence-electron chi connectivity index (χ0n) is 9.39. The number of alkyl halides is 2. The Morgan fingerprint density at radius 3 is 2.56 bits per heavy atom. The van der Waals surface area contributed by atoms with E-state index in [4.69, 9.17) is 10.5 Å². The normalized spacial score (nSPS) is 21.9. The van der Waals surface area contributed by atoms with Crippen LogP contribution in [0.2, 0.25) is 0 Å². The lowest BCUT2D eigenvalue weighted by Gasteiger charge is -2.11. The van der Waals surface area contributed by atoms with Gasteiger partial charge in [-0.3, -0.25) is 0 Å². The minimum atomic E-state index is 0.108. The molecule has 0 aromatic heterocycles. The highest BCUT2D eigenvalue weighted by Crippen LogP contribution is 2.56. The van der Waals surface area contributed by atoms with Gasteiger partial charge in [0.2, 0.25) is 0 Å². The number of benzene rings is 1. The topological polar surface area (TPSA) is 35.2 Å². The first kappa shape index (κ1) is 12.2. The number of nitrogens with two attached hydrogens (primary N) is 1. The van der Waals surface area contributed by atoms with Crippen molar-refractivity contribution in [1.82, 2.24) is 0 Å². The molecule has 1 atom stereocenters. The summed E-state index contributed by atoms with van der Waals surface area (Å²) >= 11 is 7.17. The van der Waals surface area contributed by atoms with E-state index >= 15 is 0 Å². The Kier molecular flexibility index (Phi) is 3.23. The van der Waals surface area contributed by atoms with Crippen LogP contribution >= 0.6 is 31.9 Å². The molecule has 1 aliphatic rings. The van der Waals surface area contributed by atoms with Crippen LogP contribution in [0.3, 0.4) is 0 Å². The molecule has 0 spiro atoms. The van der Waals surface area contributed by atoms with Gasteiger partial charge < -0.3 is 10.5 Å². The summed E-state index contributed by atoms with van der Waals surface area (Å²) in [5, 5.41) is 0. The van der Waals surface area contributed by atoms with E-state index in [9.17, 15) is 0 Å². The second-order valence-corrected chi connectivity index (χ2v) is 8.34. The van der Waals surface area contributed by atoms with E-state index in [1.807, 2.05) is 26.0 Å². The molecule has 1 fully saturated rings. The van der Waals surface area contributed by atoms with Crippen LogP contribution in [-0.4, -0.2) is 9.84 Å². The Morgan fingerprint density at radius 2 is 2.00 bits per heavy atom. The Morgan fingerprint density at radius 1 is 1.38 bits per heavy atom. The molecule has 16 heavy (non-hydrogen) atoms. The number of anilines is 1. The molecular weight excluding hydrogens is 334 g/mol. The number of nitrogen functional groups attached to an aromatic ring is 1. The highest BCUT2D eigenvalue weighted by molar-refractivity contribution is 9.25. The highest BCUT2D eigenvalue weighted by Gasteiger charge is 2.50. The average Bonchev–Trinajstić information content (AvgIpc) is 2.78. The van der Waals surface area contributed by atoms with E-state index < -0.39 is 0 Å². The van der Waals surface area contributed by atoms with Crippen molar-refractivity contribution < 1.29 is 4.74 Å². The standard InChI is InChI=1S/C12H15Br2NO/c1-7-4-11(8(2)3-10(7)15)16-6-9-5-12(9,13)14/h3-4,9H,5-6,15H2,1-2H3. The van der Waals surface area contributed by atoms with Crippen molar-refractivity contribution >= 4 is 37.5 Å². The minimum Gasteiger partial charge on any atom is -0.493 e. The van der Waals surface area contributed by atoms with Gasteiger partial charge in [0.1, 0.15) is 5.75 Å². The van der Waals surface area contributed by atoms with E-state index in [-0.39, 0.29) is 3.23 Å². The summed E-state index contributed by atoms with van der Waals surface area (Å²) in [5.74, 6) is 1.49. The fourth-order valence-electron chi connectivity index (χ4n) is 1.61. The summed E-state index contributed by atoms with van der Waals surface area (Å²) in [6.45, 7) is 4.76. The van der Waals surface area contributed by atoms with Gasteiger partial charge in [0.15, 0.2) is 0 Å². The smallest absolute Gasteiger partial charge is 0.122 e. The second kappa shape index (κ2) is 4.22. The van der Waals surface area contributed by atoms with Gasteiger partial charge in [0.05, 0.1) is 9.84 Å². The molecule has 1 aromatic rings. The van der Waals surface area contributed by atoms with E-state index in [1.54, 1.807) is 0 Å². The lowest BCUT2D eigenvalue weighted by atomic mass is 10.1. The Hall–Kier alpha value is -0.220. The van der Waals surface area contributed by atoms with E-state index in [2.05, 4.69) is 31.9 Å². The van der Waals surface area contributed by atoms with Crippen molar-refractivity contribution in [1.29, 1.82) is 0 Å². The first-order chi connectivity index (χ1) is 7.40. The predicted octanol–water partition coefficient (Wildman–Crippen LogP) is 3.77. The maximum atomic E-state index is 5.83. The quantitative estimate of drug-likeness (QED) is 0.666. The van der Waals surface area contributed by atoms with Gasteiger partial charge in [-0.1, -0.05) is 31.9 Å². The molecule has 4 heteroatoms. The molecule has 1 aromatic carbocycles. The van der Waals surface area contributed by atoms with Crippen LogP contribution in [0.4, 0.5) is 5.69 Å². The Bertz CT molecular complexity index is 418. The fraction of sp³-hybridized carbons (Fsp3) is 0.500. The number of hydrogen-bond donors (Lipinski definition) is 1. The van der Waals surface area contributed by atoms with E-state index in [0.29, 0.717) is 5.92 Å². The molecular formula is C12H15Br2NO. The van der Waals surface area contributed by atoms with Gasteiger partial charge in [0, 0.05) is 11.6 Å². The molecule has 2 N–H and O–H groups in total. The number of halogens is 2. The van der Waals surface area contributed by atoms with Crippen molar-refractivity contribution in [3.05, 3.63) is 23.3 Å². The number of ether oxygens (including phenoxy) is 1. The third-order valence-corrected chi connectivity index (χ3v) is 4.90. The van der Waals surface area contributed by atoms with Crippen LogP contribution in [0.25, 0.3) is 0 Å². The monoisotopic (exact) mass is 347 g/mol. The summed E-state index contributed by atoms with van der Waals surface area (Å²) < 4.78 is 5.92. The van der Waals surface area contributed by atoms with Gasteiger partial charge in [-0.05, 0) is 43.5 Å². The van der Waals surface area contributed by atoms with Crippen LogP contribution in [0.15, 0.2) is 12.1 Å². The molecule has 1 aliphatic carbocycles. The van der Waals surface area contributed by atoms with Gasteiger partial charge >= 0.3 is 0 Å². The molecule has 0 saturated heterocycles. The molecule has 88 valence electrons. The second-order valence-electron chi connectivity index (χ2n) is 4.45. The molecule has 0 heterocycles. The van der Waals surface area contributed by atoms with Crippen LogP contribution in [0.1, 0.15) is 17.5 Å². The van der Waals surface area contributed by atoms with E-state index in [1.165, 1.54) is 0 Å². The van der Waals surface area contributed by atoms with Crippen molar-refractivity contribution in [2.75, 3.05) is 12.3 Å². The summed E-state index contributed by atoms with van der Waals surface area (Å²) in [6, 6.07) is 3.98. The zero-order chi connectivity index (χ0) is 11.9. The summed E-state index contributed by atoms with van der Waals surface area (Å²) in [4.78, 5) is 0. The van der Waals surface area contributed by atoms with E-state index in [0.717, 1.165) is 35.6 Å². The summed E-state index contributed by atoms with van der Waals surface area (Å²) in [6.07, 6.45) is 1.11. The molecule has 1 saturated carbocycles.